The van der Waals surface area contributed by atoms with Gasteiger partial charge in [-0.15, -0.1) is 11.8 Å². The third-order valence-corrected chi connectivity index (χ3v) is 6.13. The summed E-state index contributed by atoms with van der Waals surface area (Å²) in [6.45, 7) is 4.74. The number of hydrogen-bond donors (Lipinski definition) is 1. The first-order valence-corrected chi connectivity index (χ1v) is 11.9. The second kappa shape index (κ2) is 12.6. The molecule has 0 unspecified atom stereocenters. The number of benzene rings is 2. The summed E-state index contributed by atoms with van der Waals surface area (Å²) in [5.74, 6) is 1.59. The molecule has 162 valence electrons. The van der Waals surface area contributed by atoms with Gasteiger partial charge in [0.05, 0.1) is 12.9 Å². The standard InChI is InChI=1S/C23H29BrN2O3S/c1-4-12-25-23(28)17(2)26(14-19-6-5-7-21(13-19)29-3)22(27)16-30-15-18-8-10-20(24)11-9-18/h5-11,13,17H,4,12,14-16H2,1-3H3,(H,25,28)/t17-/m0/s1. The van der Waals surface area contributed by atoms with Gasteiger partial charge in [-0.05, 0) is 48.7 Å². The highest BCUT2D eigenvalue weighted by atomic mass is 79.9. The Morgan fingerprint density at radius 3 is 2.57 bits per heavy atom. The zero-order chi connectivity index (χ0) is 21.9. The Morgan fingerprint density at radius 1 is 1.17 bits per heavy atom. The molecule has 2 aromatic rings. The van der Waals surface area contributed by atoms with Gasteiger partial charge in [0.15, 0.2) is 0 Å². The van der Waals surface area contributed by atoms with Crippen molar-refractivity contribution < 1.29 is 14.3 Å². The van der Waals surface area contributed by atoms with E-state index < -0.39 is 6.04 Å². The summed E-state index contributed by atoms with van der Waals surface area (Å²) < 4.78 is 6.32. The van der Waals surface area contributed by atoms with Crippen LogP contribution in [-0.4, -0.2) is 42.2 Å². The molecule has 0 aromatic heterocycles. The van der Waals surface area contributed by atoms with E-state index in [4.69, 9.17) is 4.74 Å². The number of nitrogens with zero attached hydrogens (tertiary/aromatic N) is 1. The molecule has 2 amide bonds. The fourth-order valence-electron chi connectivity index (χ4n) is 2.87. The molecule has 2 aromatic carbocycles. The predicted octanol–water partition coefficient (Wildman–Crippen LogP) is 4.63. The smallest absolute Gasteiger partial charge is 0.242 e. The molecule has 0 heterocycles. The number of methoxy groups -OCH3 is 1. The van der Waals surface area contributed by atoms with Crippen LogP contribution in [0.4, 0.5) is 0 Å². The topological polar surface area (TPSA) is 58.6 Å². The summed E-state index contributed by atoms with van der Waals surface area (Å²) in [5.41, 5.74) is 2.08. The van der Waals surface area contributed by atoms with E-state index in [1.165, 1.54) is 0 Å². The monoisotopic (exact) mass is 492 g/mol. The molecule has 1 atom stereocenters. The second-order valence-electron chi connectivity index (χ2n) is 6.96. The number of nitrogens with one attached hydrogen (secondary N) is 1. The van der Waals surface area contributed by atoms with Gasteiger partial charge in [0.25, 0.3) is 0 Å². The Bertz CT molecular complexity index is 829. The first-order chi connectivity index (χ1) is 14.4. The largest absolute Gasteiger partial charge is 0.497 e. The molecule has 7 heteroatoms. The fourth-order valence-corrected chi connectivity index (χ4v) is 4.00. The molecule has 5 nitrogen and oxygen atoms in total. The summed E-state index contributed by atoms with van der Waals surface area (Å²) in [4.78, 5) is 27.2. The number of thioether (sulfide) groups is 1. The van der Waals surface area contributed by atoms with Crippen molar-refractivity contribution in [2.45, 2.75) is 38.6 Å². The lowest BCUT2D eigenvalue weighted by Crippen LogP contribution is -2.48. The number of carbonyl (C=O) groups excluding carboxylic acids is 2. The van der Waals surface area contributed by atoms with Crippen molar-refractivity contribution in [2.75, 3.05) is 19.4 Å². The highest BCUT2D eigenvalue weighted by Crippen LogP contribution is 2.19. The van der Waals surface area contributed by atoms with Crippen LogP contribution in [0.1, 0.15) is 31.4 Å². The van der Waals surface area contributed by atoms with Crippen molar-refractivity contribution in [2.24, 2.45) is 0 Å². The molecule has 0 fully saturated rings. The minimum atomic E-state index is -0.552. The van der Waals surface area contributed by atoms with Crippen LogP contribution < -0.4 is 10.1 Å². The summed E-state index contributed by atoms with van der Waals surface area (Å²) in [6, 6.07) is 15.1. The molecule has 0 saturated carbocycles. The number of carbonyl (C=O) groups is 2. The maximum atomic E-state index is 13.1. The second-order valence-corrected chi connectivity index (χ2v) is 8.86. The fraction of sp³-hybridized carbons (Fsp3) is 0.391. The van der Waals surface area contributed by atoms with Gasteiger partial charge in [-0.25, -0.2) is 0 Å². The van der Waals surface area contributed by atoms with E-state index in [1.54, 1.807) is 30.7 Å². The maximum Gasteiger partial charge on any atom is 0.242 e. The summed E-state index contributed by atoms with van der Waals surface area (Å²) in [7, 11) is 1.61. The molecule has 0 aliphatic rings. The van der Waals surface area contributed by atoms with Crippen molar-refractivity contribution in [1.29, 1.82) is 0 Å². The zero-order valence-corrected chi connectivity index (χ0v) is 20.1. The molecule has 0 aliphatic heterocycles. The molecule has 0 bridgehead atoms. The molecular weight excluding hydrogens is 464 g/mol. The van der Waals surface area contributed by atoms with Gasteiger partial charge in [0.1, 0.15) is 11.8 Å². The minimum absolute atomic E-state index is 0.0564. The molecule has 2 rings (SSSR count). The molecular formula is C23H29BrN2O3S. The number of amides is 2. The average molecular weight is 493 g/mol. The van der Waals surface area contributed by atoms with E-state index in [9.17, 15) is 9.59 Å². The Labute approximate surface area is 191 Å². The van der Waals surface area contributed by atoms with Gasteiger partial charge in [0.2, 0.25) is 11.8 Å². The van der Waals surface area contributed by atoms with Gasteiger partial charge in [-0.3, -0.25) is 9.59 Å². The Balaban J connectivity index is 2.06. The molecule has 0 saturated heterocycles. The van der Waals surface area contributed by atoms with E-state index in [0.717, 1.165) is 33.5 Å². The van der Waals surface area contributed by atoms with Crippen LogP contribution in [0.25, 0.3) is 0 Å². The number of halogens is 1. The minimum Gasteiger partial charge on any atom is -0.497 e. The third kappa shape index (κ3) is 7.69. The van der Waals surface area contributed by atoms with Gasteiger partial charge < -0.3 is 15.0 Å². The van der Waals surface area contributed by atoms with Crippen molar-refractivity contribution in [3.05, 3.63) is 64.1 Å². The molecule has 30 heavy (non-hydrogen) atoms. The van der Waals surface area contributed by atoms with Crippen molar-refractivity contribution in [1.82, 2.24) is 10.2 Å². The molecule has 0 spiro atoms. The first-order valence-electron chi connectivity index (χ1n) is 9.97. The molecule has 1 N–H and O–H groups in total. The van der Waals surface area contributed by atoms with Gasteiger partial charge in [-0.1, -0.05) is 47.1 Å². The zero-order valence-electron chi connectivity index (χ0n) is 17.7. The van der Waals surface area contributed by atoms with Crippen LogP contribution >= 0.6 is 27.7 Å². The lowest BCUT2D eigenvalue weighted by atomic mass is 10.1. The number of rotatable bonds is 11. The average Bonchev–Trinajstić information content (AvgIpc) is 2.76. The van der Waals surface area contributed by atoms with Gasteiger partial charge in [-0.2, -0.15) is 0 Å². The number of ether oxygens (including phenoxy) is 1. The Hall–Kier alpha value is -1.99. The SMILES string of the molecule is CCCNC(=O)[C@H](C)N(Cc1cccc(OC)c1)C(=O)CSCc1ccc(Br)cc1. The van der Waals surface area contributed by atoms with Crippen LogP contribution in [0.5, 0.6) is 5.75 Å². The highest BCUT2D eigenvalue weighted by Gasteiger charge is 2.25. The van der Waals surface area contributed by atoms with Crippen LogP contribution in [0.2, 0.25) is 0 Å². The lowest BCUT2D eigenvalue weighted by Gasteiger charge is -2.29. The Morgan fingerprint density at radius 2 is 1.90 bits per heavy atom. The quantitative estimate of drug-likeness (QED) is 0.496. The van der Waals surface area contributed by atoms with E-state index >= 15 is 0 Å². The highest BCUT2D eigenvalue weighted by molar-refractivity contribution is 9.10. The molecule has 0 radical (unpaired) electrons. The first kappa shape index (κ1) is 24.3. The summed E-state index contributed by atoms with van der Waals surface area (Å²) >= 11 is 4.98. The van der Waals surface area contributed by atoms with E-state index in [2.05, 4.69) is 21.2 Å². The van der Waals surface area contributed by atoms with Gasteiger partial charge >= 0.3 is 0 Å². The third-order valence-electron chi connectivity index (χ3n) is 4.61. The van der Waals surface area contributed by atoms with E-state index in [0.29, 0.717) is 18.8 Å². The van der Waals surface area contributed by atoms with Crippen molar-refractivity contribution >= 4 is 39.5 Å². The summed E-state index contributed by atoms with van der Waals surface area (Å²) in [5, 5.41) is 2.89. The Kier molecular flexibility index (Phi) is 10.2. The van der Waals surface area contributed by atoms with Gasteiger partial charge in [0, 0.05) is 23.3 Å². The van der Waals surface area contributed by atoms with Crippen LogP contribution in [-0.2, 0) is 21.9 Å². The van der Waals surface area contributed by atoms with E-state index in [-0.39, 0.29) is 11.8 Å². The van der Waals surface area contributed by atoms with Crippen LogP contribution in [0.15, 0.2) is 53.0 Å². The predicted molar refractivity (Wildman–Crippen MR) is 127 cm³/mol. The molecule has 0 aliphatic carbocycles. The lowest BCUT2D eigenvalue weighted by molar-refractivity contribution is -0.138. The maximum absolute atomic E-state index is 13.1. The van der Waals surface area contributed by atoms with Crippen molar-refractivity contribution in [3.63, 3.8) is 0 Å². The van der Waals surface area contributed by atoms with Crippen LogP contribution in [0, 0.1) is 0 Å². The number of hydrogen-bond acceptors (Lipinski definition) is 4. The van der Waals surface area contributed by atoms with Crippen LogP contribution in [0.3, 0.4) is 0 Å². The van der Waals surface area contributed by atoms with E-state index in [1.807, 2.05) is 55.5 Å². The normalized spacial score (nSPS) is 11.6. The summed E-state index contributed by atoms with van der Waals surface area (Å²) in [6.07, 6.45) is 0.853. The van der Waals surface area contributed by atoms with Crippen molar-refractivity contribution in [3.8, 4) is 5.75 Å².